The molecule has 0 unspecified atom stereocenters. The van der Waals surface area contributed by atoms with Gasteiger partial charge >= 0.3 is 0 Å². The first-order chi connectivity index (χ1) is 14.3. The van der Waals surface area contributed by atoms with Crippen LogP contribution in [0, 0.1) is 17.5 Å². The van der Waals surface area contributed by atoms with Gasteiger partial charge in [-0.3, -0.25) is 4.79 Å². The number of hydrogen-bond donors (Lipinski definition) is 1. The number of halogens is 5. The van der Waals surface area contributed by atoms with Crippen molar-refractivity contribution in [3.8, 4) is 0 Å². The van der Waals surface area contributed by atoms with Gasteiger partial charge in [-0.1, -0.05) is 35.3 Å². The molecule has 1 aromatic heterocycles. The molecule has 0 saturated carbocycles. The zero-order valence-corrected chi connectivity index (χ0v) is 16.8. The second-order valence-electron chi connectivity index (χ2n) is 6.76. The highest BCUT2D eigenvalue weighted by molar-refractivity contribution is 6.32. The molecule has 0 bridgehead atoms. The highest BCUT2D eigenvalue weighted by Crippen LogP contribution is 2.33. The summed E-state index contributed by atoms with van der Waals surface area (Å²) in [5.41, 5.74) is 0.728. The molecule has 0 aliphatic carbocycles. The average molecular weight is 456 g/mol. The van der Waals surface area contributed by atoms with Crippen LogP contribution in [-0.2, 0) is 19.6 Å². The molecule has 0 radical (unpaired) electrons. The maximum absolute atomic E-state index is 14.6. The van der Waals surface area contributed by atoms with Crippen molar-refractivity contribution in [2.45, 2.75) is 19.6 Å². The third-order valence-electron chi connectivity index (χ3n) is 4.91. The van der Waals surface area contributed by atoms with Crippen LogP contribution in [-0.4, -0.2) is 27.3 Å². The Hall–Kier alpha value is -2.55. The number of aromatic nitrogens is 2. The summed E-state index contributed by atoms with van der Waals surface area (Å²) in [6, 6.07) is 6.36. The summed E-state index contributed by atoms with van der Waals surface area (Å²) < 4.78 is 43.3. The predicted octanol–water partition coefficient (Wildman–Crippen LogP) is 4.35. The minimum Gasteiger partial charge on any atom is -0.392 e. The molecule has 5 nitrogen and oxygen atoms in total. The van der Waals surface area contributed by atoms with Crippen LogP contribution in [0.25, 0.3) is 0 Å². The van der Waals surface area contributed by atoms with E-state index in [2.05, 4.69) is 5.10 Å². The molecular weight excluding hydrogens is 442 g/mol. The molecule has 4 rings (SSSR count). The van der Waals surface area contributed by atoms with Crippen LogP contribution in [0.2, 0.25) is 10.2 Å². The standard InChI is InChI=1S/C20H14Cl2F3N3O2/c21-13-6-10(9-29)7-15(17(13)25)27-5-4-12-18(20(27)30)26-28(19(12)22)8-11-2-1-3-14(23)16(11)24/h1-3,6-7,29H,4-5,8-9H2. The quantitative estimate of drug-likeness (QED) is 0.635. The van der Waals surface area contributed by atoms with Gasteiger partial charge in [-0.05, 0) is 30.2 Å². The lowest BCUT2D eigenvalue weighted by Crippen LogP contribution is -2.38. The maximum atomic E-state index is 14.6. The van der Waals surface area contributed by atoms with E-state index in [0.29, 0.717) is 11.1 Å². The molecule has 3 aromatic rings. The highest BCUT2D eigenvalue weighted by atomic mass is 35.5. The summed E-state index contributed by atoms with van der Waals surface area (Å²) in [4.78, 5) is 14.2. The molecule has 2 aromatic carbocycles. The van der Waals surface area contributed by atoms with Gasteiger partial charge in [0, 0.05) is 17.7 Å². The summed E-state index contributed by atoms with van der Waals surface area (Å²) in [6.45, 7) is -0.448. The van der Waals surface area contributed by atoms with Crippen molar-refractivity contribution in [1.82, 2.24) is 9.78 Å². The molecule has 0 spiro atoms. The number of aliphatic hydroxyl groups is 1. The molecule has 156 valence electrons. The van der Waals surface area contributed by atoms with Crippen LogP contribution in [0.3, 0.4) is 0 Å². The lowest BCUT2D eigenvalue weighted by Gasteiger charge is -2.27. The van der Waals surface area contributed by atoms with Gasteiger partial charge in [-0.2, -0.15) is 5.10 Å². The molecular formula is C20H14Cl2F3N3O2. The lowest BCUT2D eigenvalue weighted by atomic mass is 10.1. The summed E-state index contributed by atoms with van der Waals surface area (Å²) in [5.74, 6) is -3.42. The Labute approximate surface area is 179 Å². The third-order valence-corrected chi connectivity index (χ3v) is 5.61. The first-order valence-electron chi connectivity index (χ1n) is 8.90. The van der Waals surface area contributed by atoms with Gasteiger partial charge in [0.05, 0.1) is 23.9 Å². The van der Waals surface area contributed by atoms with Gasteiger partial charge in [-0.25, -0.2) is 17.9 Å². The van der Waals surface area contributed by atoms with Crippen LogP contribution in [0.4, 0.5) is 18.9 Å². The number of rotatable bonds is 4. The fourth-order valence-corrected chi connectivity index (χ4v) is 3.93. The van der Waals surface area contributed by atoms with Gasteiger partial charge in [0.15, 0.2) is 23.1 Å². The van der Waals surface area contributed by atoms with Crippen LogP contribution in [0.5, 0.6) is 0 Å². The predicted molar refractivity (Wildman–Crippen MR) is 105 cm³/mol. The number of amides is 1. The van der Waals surface area contributed by atoms with Gasteiger partial charge in [-0.15, -0.1) is 0 Å². The first kappa shape index (κ1) is 20.7. The lowest BCUT2D eigenvalue weighted by molar-refractivity contribution is 0.0974. The largest absolute Gasteiger partial charge is 0.392 e. The van der Waals surface area contributed by atoms with Gasteiger partial charge in [0.25, 0.3) is 5.91 Å². The number of hydrogen-bond acceptors (Lipinski definition) is 3. The van der Waals surface area contributed by atoms with Crippen molar-refractivity contribution < 1.29 is 23.1 Å². The van der Waals surface area contributed by atoms with E-state index in [1.165, 1.54) is 33.8 Å². The second-order valence-corrected chi connectivity index (χ2v) is 7.53. The number of fused-ring (bicyclic) bond motifs is 1. The Morgan fingerprint density at radius 2 is 1.90 bits per heavy atom. The average Bonchev–Trinajstić information content (AvgIpc) is 3.04. The highest BCUT2D eigenvalue weighted by Gasteiger charge is 2.33. The minimum atomic E-state index is -1.02. The number of carbonyl (C=O) groups is 1. The molecule has 2 heterocycles. The van der Waals surface area contributed by atoms with Gasteiger partial charge in [0.1, 0.15) is 5.15 Å². The second kappa shape index (κ2) is 7.94. The van der Waals surface area contributed by atoms with E-state index in [1.807, 2.05) is 0 Å². The Morgan fingerprint density at radius 1 is 1.13 bits per heavy atom. The van der Waals surface area contributed by atoms with Crippen molar-refractivity contribution in [1.29, 1.82) is 0 Å². The summed E-state index contributed by atoms with van der Waals surface area (Å²) in [5, 5.41) is 13.4. The van der Waals surface area contributed by atoms with Crippen LogP contribution in [0.1, 0.15) is 27.2 Å². The minimum absolute atomic E-state index is 0.00650. The van der Waals surface area contributed by atoms with E-state index in [-0.39, 0.29) is 53.2 Å². The van der Waals surface area contributed by atoms with Crippen molar-refractivity contribution in [3.63, 3.8) is 0 Å². The van der Waals surface area contributed by atoms with E-state index in [9.17, 15) is 23.1 Å². The molecule has 0 saturated heterocycles. The smallest absolute Gasteiger partial charge is 0.279 e. The summed E-state index contributed by atoms with van der Waals surface area (Å²) in [6.07, 6.45) is 0.270. The Kier molecular flexibility index (Phi) is 5.48. The number of aliphatic hydroxyl groups excluding tert-OH is 1. The molecule has 1 N–H and O–H groups in total. The van der Waals surface area contributed by atoms with E-state index in [0.717, 1.165) is 6.07 Å². The van der Waals surface area contributed by atoms with Gasteiger partial charge < -0.3 is 10.0 Å². The van der Waals surface area contributed by atoms with Crippen LogP contribution < -0.4 is 4.90 Å². The Bertz CT molecular complexity index is 1170. The summed E-state index contributed by atoms with van der Waals surface area (Å²) >= 11 is 12.2. The first-order valence-corrected chi connectivity index (χ1v) is 9.66. The van der Waals surface area contributed by atoms with Crippen LogP contribution >= 0.6 is 23.2 Å². The topological polar surface area (TPSA) is 58.4 Å². The zero-order chi connectivity index (χ0) is 21.6. The molecule has 1 aliphatic rings. The van der Waals surface area contributed by atoms with Crippen molar-refractivity contribution in [3.05, 3.63) is 80.3 Å². The fraction of sp³-hybridized carbons (Fsp3) is 0.200. The third kappa shape index (κ3) is 3.45. The SMILES string of the molecule is O=C1c2nn(Cc3cccc(F)c3F)c(Cl)c2CCN1c1cc(CO)cc(Cl)c1F. The van der Waals surface area contributed by atoms with Crippen molar-refractivity contribution >= 4 is 34.8 Å². The number of nitrogens with zero attached hydrogens (tertiary/aromatic N) is 3. The maximum Gasteiger partial charge on any atom is 0.279 e. The van der Waals surface area contributed by atoms with E-state index in [1.54, 1.807) is 0 Å². The molecule has 1 aliphatic heterocycles. The van der Waals surface area contributed by atoms with Crippen molar-refractivity contribution in [2.75, 3.05) is 11.4 Å². The monoisotopic (exact) mass is 455 g/mol. The fourth-order valence-electron chi connectivity index (χ4n) is 3.41. The molecule has 1 amide bonds. The molecule has 0 fully saturated rings. The molecule has 30 heavy (non-hydrogen) atoms. The van der Waals surface area contributed by atoms with E-state index in [4.69, 9.17) is 23.2 Å². The zero-order valence-electron chi connectivity index (χ0n) is 15.3. The van der Waals surface area contributed by atoms with E-state index < -0.39 is 23.4 Å². The molecule has 0 atom stereocenters. The number of benzene rings is 2. The molecule has 10 heteroatoms. The Balaban J connectivity index is 1.70. The number of anilines is 1. The normalized spacial score (nSPS) is 13.7. The van der Waals surface area contributed by atoms with Gasteiger partial charge in [0.2, 0.25) is 0 Å². The van der Waals surface area contributed by atoms with E-state index >= 15 is 0 Å². The number of carbonyl (C=O) groups excluding carboxylic acids is 1. The summed E-state index contributed by atoms with van der Waals surface area (Å²) in [7, 11) is 0. The van der Waals surface area contributed by atoms with Crippen molar-refractivity contribution in [2.24, 2.45) is 0 Å². The van der Waals surface area contributed by atoms with Crippen LogP contribution in [0.15, 0.2) is 30.3 Å². The Morgan fingerprint density at radius 3 is 2.63 bits per heavy atom.